The fourth-order valence-electron chi connectivity index (χ4n) is 2.27. The summed E-state index contributed by atoms with van der Waals surface area (Å²) in [5.74, 6) is -1.60. The topological polar surface area (TPSA) is 45.2 Å². The average Bonchev–Trinajstić information content (AvgIpc) is 2.56. The second-order valence-electron chi connectivity index (χ2n) is 5.47. The number of halogens is 2. The monoisotopic (exact) mass is 331 g/mol. The second kappa shape index (κ2) is 8.31. The van der Waals surface area contributed by atoms with Crippen molar-refractivity contribution < 1.29 is 13.6 Å². The van der Waals surface area contributed by atoms with Crippen molar-refractivity contribution in [3.63, 3.8) is 0 Å². The molecule has 0 saturated carbocycles. The number of nitrogens with one attached hydrogen (secondary N) is 1. The summed E-state index contributed by atoms with van der Waals surface area (Å²) in [6.45, 7) is 0.0877. The highest BCUT2D eigenvalue weighted by atomic mass is 19.1. The summed E-state index contributed by atoms with van der Waals surface area (Å²) in [6.07, 6.45) is 6.27. The highest BCUT2D eigenvalue weighted by molar-refractivity contribution is 5.91. The van der Waals surface area contributed by atoms with E-state index in [9.17, 15) is 13.6 Å². The summed E-state index contributed by atoms with van der Waals surface area (Å²) >= 11 is 0. The molecular weight excluding hydrogens is 312 g/mol. The molecule has 0 aliphatic carbocycles. The van der Waals surface area contributed by atoms with Crippen LogP contribution in [0.4, 0.5) is 8.78 Å². The number of carbonyl (C=O) groups is 1. The van der Waals surface area contributed by atoms with Gasteiger partial charge in [-0.15, -0.1) is 0 Å². The first-order valence-electron chi connectivity index (χ1n) is 7.45. The minimum absolute atomic E-state index is 0.0547. The van der Waals surface area contributed by atoms with E-state index in [1.807, 2.05) is 0 Å². The van der Waals surface area contributed by atoms with Crippen molar-refractivity contribution >= 4 is 12.0 Å². The molecule has 0 bridgehead atoms. The molecule has 0 aliphatic heterocycles. The van der Waals surface area contributed by atoms with Gasteiger partial charge in [0.1, 0.15) is 11.6 Å². The molecule has 0 spiro atoms. The molecule has 0 unspecified atom stereocenters. The van der Waals surface area contributed by atoms with Gasteiger partial charge < -0.3 is 10.2 Å². The maximum atomic E-state index is 14.0. The molecule has 1 aromatic carbocycles. The predicted octanol–water partition coefficient (Wildman–Crippen LogP) is 2.79. The lowest BCUT2D eigenvalue weighted by Crippen LogP contribution is -2.34. The van der Waals surface area contributed by atoms with Crippen LogP contribution in [-0.4, -0.2) is 36.4 Å². The van der Waals surface area contributed by atoms with Gasteiger partial charge in [0, 0.05) is 30.6 Å². The molecule has 1 heterocycles. The molecule has 1 aromatic heterocycles. The standard InChI is InChI=1S/C18H19F2N3O/c1-23(2)16(18-14(19)4-3-5-15(18)20)12-22-17(24)7-6-13-8-10-21-11-9-13/h3-11,16H,12H2,1-2H3,(H,22,24)/b7-6+/t16-/m0/s1. The SMILES string of the molecule is CN(C)[C@@H](CNC(=O)/C=C/c1ccncc1)c1c(F)cccc1F. The third-order valence-corrected chi connectivity index (χ3v) is 3.56. The zero-order valence-electron chi connectivity index (χ0n) is 13.5. The zero-order chi connectivity index (χ0) is 17.5. The Kier molecular flexibility index (Phi) is 6.14. The molecule has 0 fully saturated rings. The molecule has 4 nitrogen and oxygen atoms in total. The van der Waals surface area contributed by atoms with E-state index in [-0.39, 0.29) is 18.0 Å². The lowest BCUT2D eigenvalue weighted by Gasteiger charge is -2.25. The summed E-state index contributed by atoms with van der Waals surface area (Å²) in [6, 6.07) is 6.66. The van der Waals surface area contributed by atoms with Gasteiger partial charge in [-0.3, -0.25) is 9.78 Å². The van der Waals surface area contributed by atoms with E-state index in [2.05, 4.69) is 10.3 Å². The van der Waals surface area contributed by atoms with Crippen LogP contribution in [-0.2, 0) is 4.79 Å². The number of benzene rings is 1. The van der Waals surface area contributed by atoms with Crippen LogP contribution in [0.5, 0.6) is 0 Å². The number of hydrogen-bond acceptors (Lipinski definition) is 3. The Bertz CT molecular complexity index is 697. The average molecular weight is 331 g/mol. The molecule has 1 atom stereocenters. The van der Waals surface area contributed by atoms with Crippen LogP contribution >= 0.6 is 0 Å². The Morgan fingerprint density at radius 3 is 2.42 bits per heavy atom. The Morgan fingerprint density at radius 1 is 1.21 bits per heavy atom. The van der Waals surface area contributed by atoms with E-state index in [4.69, 9.17) is 0 Å². The van der Waals surface area contributed by atoms with Gasteiger partial charge in [0.2, 0.25) is 5.91 Å². The van der Waals surface area contributed by atoms with Gasteiger partial charge in [-0.2, -0.15) is 0 Å². The molecule has 0 saturated heterocycles. The van der Waals surface area contributed by atoms with E-state index in [1.54, 1.807) is 49.6 Å². The van der Waals surface area contributed by atoms with Crippen LogP contribution in [0.25, 0.3) is 6.08 Å². The van der Waals surface area contributed by atoms with Gasteiger partial charge in [-0.1, -0.05) is 6.07 Å². The Labute approximate surface area is 139 Å². The van der Waals surface area contributed by atoms with E-state index >= 15 is 0 Å². The van der Waals surface area contributed by atoms with Crippen molar-refractivity contribution in [3.05, 3.63) is 71.6 Å². The smallest absolute Gasteiger partial charge is 0.244 e. The quantitative estimate of drug-likeness (QED) is 0.828. The lowest BCUT2D eigenvalue weighted by molar-refractivity contribution is -0.116. The predicted molar refractivity (Wildman–Crippen MR) is 89.1 cm³/mol. The van der Waals surface area contributed by atoms with E-state index in [0.29, 0.717) is 0 Å². The number of rotatable bonds is 6. The minimum atomic E-state index is -0.629. The molecule has 0 radical (unpaired) electrons. The van der Waals surface area contributed by atoms with Crippen LogP contribution in [0.15, 0.2) is 48.8 Å². The van der Waals surface area contributed by atoms with Gasteiger partial charge in [0.25, 0.3) is 0 Å². The van der Waals surface area contributed by atoms with Gasteiger partial charge in [0.15, 0.2) is 0 Å². The number of aromatic nitrogens is 1. The summed E-state index contributed by atoms with van der Waals surface area (Å²) in [4.78, 5) is 17.5. The number of likely N-dealkylation sites (N-methyl/N-ethyl adjacent to an activating group) is 1. The van der Waals surface area contributed by atoms with E-state index in [0.717, 1.165) is 5.56 Å². The molecule has 1 N–H and O–H groups in total. The van der Waals surface area contributed by atoms with E-state index in [1.165, 1.54) is 24.3 Å². The van der Waals surface area contributed by atoms with Gasteiger partial charge in [-0.25, -0.2) is 8.78 Å². The van der Waals surface area contributed by atoms with Crippen LogP contribution in [0.2, 0.25) is 0 Å². The Balaban J connectivity index is 2.04. The summed E-state index contributed by atoms with van der Waals surface area (Å²) in [5, 5.41) is 2.67. The lowest BCUT2D eigenvalue weighted by atomic mass is 10.0. The maximum absolute atomic E-state index is 14.0. The molecule has 6 heteroatoms. The van der Waals surface area contributed by atoms with Crippen molar-refractivity contribution in [3.8, 4) is 0 Å². The Hall–Kier alpha value is -2.60. The molecular formula is C18H19F2N3O. The zero-order valence-corrected chi connectivity index (χ0v) is 13.5. The van der Waals surface area contributed by atoms with Crippen LogP contribution in [0, 0.1) is 11.6 Å². The second-order valence-corrected chi connectivity index (χ2v) is 5.47. The van der Waals surface area contributed by atoms with Gasteiger partial charge in [0.05, 0.1) is 6.04 Å². The normalized spacial score (nSPS) is 12.5. The summed E-state index contributed by atoms with van der Waals surface area (Å²) in [5.41, 5.74) is 0.783. The molecule has 1 amide bonds. The Morgan fingerprint density at radius 2 is 1.83 bits per heavy atom. The highest BCUT2D eigenvalue weighted by Gasteiger charge is 2.22. The molecule has 2 aromatic rings. The van der Waals surface area contributed by atoms with Gasteiger partial charge in [-0.05, 0) is 50.0 Å². The maximum Gasteiger partial charge on any atom is 0.244 e. The van der Waals surface area contributed by atoms with Crippen LogP contribution in [0.3, 0.4) is 0 Å². The first-order chi connectivity index (χ1) is 11.5. The number of pyridine rings is 1. The van der Waals surface area contributed by atoms with Crippen molar-refractivity contribution in [2.45, 2.75) is 6.04 Å². The number of carbonyl (C=O) groups excluding carboxylic acids is 1. The number of nitrogens with zero attached hydrogens (tertiary/aromatic N) is 2. The minimum Gasteiger partial charge on any atom is -0.351 e. The molecule has 126 valence electrons. The fraction of sp³-hybridized carbons (Fsp3) is 0.222. The number of amides is 1. The van der Waals surface area contributed by atoms with Gasteiger partial charge >= 0.3 is 0 Å². The largest absolute Gasteiger partial charge is 0.351 e. The summed E-state index contributed by atoms with van der Waals surface area (Å²) in [7, 11) is 3.41. The first-order valence-corrected chi connectivity index (χ1v) is 7.45. The van der Waals surface area contributed by atoms with Crippen LogP contribution in [0.1, 0.15) is 17.2 Å². The van der Waals surface area contributed by atoms with E-state index < -0.39 is 17.7 Å². The van der Waals surface area contributed by atoms with Crippen molar-refractivity contribution in [2.24, 2.45) is 0 Å². The van der Waals surface area contributed by atoms with Crippen LogP contribution < -0.4 is 5.32 Å². The highest BCUT2D eigenvalue weighted by Crippen LogP contribution is 2.23. The fourth-order valence-corrected chi connectivity index (χ4v) is 2.27. The first kappa shape index (κ1) is 17.7. The summed E-state index contributed by atoms with van der Waals surface area (Å²) < 4.78 is 27.9. The third-order valence-electron chi connectivity index (χ3n) is 3.56. The van der Waals surface area contributed by atoms with Crippen molar-refractivity contribution in [1.82, 2.24) is 15.2 Å². The van der Waals surface area contributed by atoms with Crippen molar-refractivity contribution in [2.75, 3.05) is 20.6 Å². The third kappa shape index (κ3) is 4.70. The molecule has 0 aliphatic rings. The molecule has 2 rings (SSSR count). The molecule has 24 heavy (non-hydrogen) atoms. The number of hydrogen-bond donors (Lipinski definition) is 1. The van der Waals surface area contributed by atoms with Crippen molar-refractivity contribution in [1.29, 1.82) is 0 Å².